The molecule has 0 aliphatic carbocycles. The minimum Gasteiger partial charge on any atom is -0.309 e. The highest BCUT2D eigenvalue weighted by Gasteiger charge is 2.17. The molecule has 0 aromatic carbocycles. The molecule has 1 saturated heterocycles. The summed E-state index contributed by atoms with van der Waals surface area (Å²) in [4.78, 5) is 4.73. The standard InChI is InChI=1S/C10H21N2/c1-10(6-9-11(2)3)12-7-4-5-8-12/h10H,1,4-9H2,2-3H3. The Kier molecular flexibility index (Phi) is 4.02. The van der Waals surface area contributed by atoms with Gasteiger partial charge in [0.1, 0.15) is 0 Å². The van der Waals surface area contributed by atoms with Gasteiger partial charge < -0.3 is 9.80 Å². The van der Waals surface area contributed by atoms with E-state index in [4.69, 9.17) is 0 Å². The first-order valence-electron chi connectivity index (χ1n) is 4.92. The molecular weight excluding hydrogens is 148 g/mol. The molecule has 0 N–H and O–H groups in total. The molecule has 1 aliphatic rings. The summed E-state index contributed by atoms with van der Waals surface area (Å²) in [5.74, 6) is 0. The van der Waals surface area contributed by atoms with Gasteiger partial charge in [-0.05, 0) is 59.9 Å². The summed E-state index contributed by atoms with van der Waals surface area (Å²) in [7, 11) is 4.24. The molecule has 2 heteroatoms. The van der Waals surface area contributed by atoms with Crippen molar-refractivity contribution in [1.29, 1.82) is 0 Å². The molecule has 1 aliphatic heterocycles. The summed E-state index contributed by atoms with van der Waals surface area (Å²) in [6.45, 7) is 7.88. The van der Waals surface area contributed by atoms with E-state index in [-0.39, 0.29) is 0 Å². The van der Waals surface area contributed by atoms with Gasteiger partial charge in [0.15, 0.2) is 0 Å². The zero-order valence-corrected chi connectivity index (χ0v) is 8.42. The Morgan fingerprint density at radius 1 is 1.33 bits per heavy atom. The Balaban J connectivity index is 2.13. The summed E-state index contributed by atoms with van der Waals surface area (Å²) in [6, 6.07) is 0.537. The summed E-state index contributed by atoms with van der Waals surface area (Å²) < 4.78 is 0. The van der Waals surface area contributed by atoms with Crippen molar-refractivity contribution < 1.29 is 0 Å². The second-order valence-electron chi connectivity index (χ2n) is 3.99. The first kappa shape index (κ1) is 10.0. The number of nitrogens with zero attached hydrogens (tertiary/aromatic N) is 2. The zero-order valence-electron chi connectivity index (χ0n) is 8.42. The van der Waals surface area contributed by atoms with Gasteiger partial charge in [-0.15, -0.1) is 0 Å². The average Bonchev–Trinajstić information content (AvgIpc) is 2.51. The van der Waals surface area contributed by atoms with Crippen molar-refractivity contribution in [3.8, 4) is 0 Å². The molecule has 2 nitrogen and oxygen atoms in total. The SMILES string of the molecule is [CH2]C(CCN(C)C)N1CCCC1. The molecule has 1 radical (unpaired) electrons. The first-order valence-corrected chi connectivity index (χ1v) is 4.92. The van der Waals surface area contributed by atoms with Crippen molar-refractivity contribution in [3.63, 3.8) is 0 Å². The fraction of sp³-hybridized carbons (Fsp3) is 0.900. The minimum absolute atomic E-state index is 0.537. The van der Waals surface area contributed by atoms with Crippen molar-refractivity contribution in [1.82, 2.24) is 9.80 Å². The van der Waals surface area contributed by atoms with Crippen molar-refractivity contribution in [2.75, 3.05) is 33.7 Å². The molecule has 1 atom stereocenters. The highest BCUT2D eigenvalue weighted by Crippen LogP contribution is 2.13. The van der Waals surface area contributed by atoms with E-state index in [1.54, 1.807) is 0 Å². The van der Waals surface area contributed by atoms with Crippen molar-refractivity contribution in [3.05, 3.63) is 6.92 Å². The third-order valence-corrected chi connectivity index (χ3v) is 2.57. The van der Waals surface area contributed by atoms with Crippen LogP contribution in [0.4, 0.5) is 0 Å². The second-order valence-corrected chi connectivity index (χ2v) is 3.99. The van der Waals surface area contributed by atoms with Gasteiger partial charge in [-0.3, -0.25) is 0 Å². The lowest BCUT2D eigenvalue weighted by Gasteiger charge is -2.24. The van der Waals surface area contributed by atoms with E-state index >= 15 is 0 Å². The van der Waals surface area contributed by atoms with Gasteiger partial charge in [0.25, 0.3) is 0 Å². The van der Waals surface area contributed by atoms with Crippen molar-refractivity contribution in [2.24, 2.45) is 0 Å². The molecule has 0 amide bonds. The molecule has 1 heterocycles. The van der Waals surface area contributed by atoms with E-state index < -0.39 is 0 Å². The molecule has 12 heavy (non-hydrogen) atoms. The van der Waals surface area contributed by atoms with Gasteiger partial charge in [0.2, 0.25) is 0 Å². The van der Waals surface area contributed by atoms with Crippen LogP contribution in [0.2, 0.25) is 0 Å². The Labute approximate surface area is 76.5 Å². The lowest BCUT2D eigenvalue weighted by molar-refractivity contribution is 0.248. The van der Waals surface area contributed by atoms with E-state index in [0.717, 1.165) is 6.54 Å². The van der Waals surface area contributed by atoms with Crippen LogP contribution in [0.1, 0.15) is 19.3 Å². The van der Waals surface area contributed by atoms with Crippen LogP contribution in [0.25, 0.3) is 0 Å². The molecule has 1 rings (SSSR count). The van der Waals surface area contributed by atoms with Crippen LogP contribution < -0.4 is 0 Å². The Morgan fingerprint density at radius 3 is 2.42 bits per heavy atom. The normalized spacial score (nSPS) is 22.0. The van der Waals surface area contributed by atoms with E-state index in [2.05, 4.69) is 30.8 Å². The summed E-state index contributed by atoms with van der Waals surface area (Å²) in [6.07, 6.45) is 3.94. The van der Waals surface area contributed by atoms with Gasteiger partial charge in [-0.1, -0.05) is 0 Å². The molecule has 0 aromatic heterocycles. The molecule has 0 saturated carbocycles. The van der Waals surface area contributed by atoms with Crippen LogP contribution in [-0.2, 0) is 0 Å². The van der Waals surface area contributed by atoms with Crippen molar-refractivity contribution >= 4 is 0 Å². The number of likely N-dealkylation sites (tertiary alicyclic amines) is 1. The lowest BCUT2D eigenvalue weighted by atomic mass is 10.2. The number of hydrogen-bond acceptors (Lipinski definition) is 2. The highest BCUT2D eigenvalue weighted by molar-refractivity contribution is 4.78. The smallest absolute Gasteiger partial charge is 0.0108 e. The van der Waals surface area contributed by atoms with Crippen LogP contribution in [0.3, 0.4) is 0 Å². The maximum atomic E-state index is 4.19. The van der Waals surface area contributed by atoms with Crippen LogP contribution >= 0.6 is 0 Å². The van der Waals surface area contributed by atoms with Gasteiger partial charge in [-0.25, -0.2) is 0 Å². The first-order chi connectivity index (χ1) is 5.70. The number of hydrogen-bond donors (Lipinski definition) is 0. The highest BCUT2D eigenvalue weighted by atomic mass is 15.2. The third-order valence-electron chi connectivity index (χ3n) is 2.57. The summed E-state index contributed by atoms with van der Waals surface area (Å²) >= 11 is 0. The lowest BCUT2D eigenvalue weighted by Crippen LogP contribution is -2.32. The van der Waals surface area contributed by atoms with E-state index in [0.29, 0.717) is 6.04 Å². The summed E-state index contributed by atoms with van der Waals surface area (Å²) in [5, 5.41) is 0. The van der Waals surface area contributed by atoms with Gasteiger partial charge >= 0.3 is 0 Å². The average molecular weight is 169 g/mol. The molecule has 71 valence electrons. The maximum Gasteiger partial charge on any atom is 0.0108 e. The predicted molar refractivity (Wildman–Crippen MR) is 53.1 cm³/mol. The Bertz CT molecular complexity index is 117. The second kappa shape index (κ2) is 4.83. The maximum absolute atomic E-state index is 4.19. The molecule has 0 aromatic rings. The Hall–Kier alpha value is -0.0800. The van der Waals surface area contributed by atoms with E-state index in [9.17, 15) is 0 Å². The van der Waals surface area contributed by atoms with Crippen LogP contribution in [-0.4, -0.2) is 49.6 Å². The fourth-order valence-electron chi connectivity index (χ4n) is 1.70. The molecular formula is C10H21N2. The van der Waals surface area contributed by atoms with E-state index in [1.165, 1.54) is 32.4 Å². The molecule has 0 spiro atoms. The van der Waals surface area contributed by atoms with E-state index in [1.807, 2.05) is 0 Å². The van der Waals surface area contributed by atoms with Gasteiger partial charge in [0, 0.05) is 6.04 Å². The Morgan fingerprint density at radius 2 is 1.92 bits per heavy atom. The monoisotopic (exact) mass is 169 g/mol. The van der Waals surface area contributed by atoms with Crippen LogP contribution in [0.5, 0.6) is 0 Å². The largest absolute Gasteiger partial charge is 0.309 e. The van der Waals surface area contributed by atoms with Crippen LogP contribution in [0.15, 0.2) is 0 Å². The number of rotatable bonds is 4. The third kappa shape index (κ3) is 3.11. The molecule has 1 unspecified atom stereocenters. The van der Waals surface area contributed by atoms with Crippen molar-refractivity contribution in [2.45, 2.75) is 25.3 Å². The topological polar surface area (TPSA) is 6.48 Å². The summed E-state index contributed by atoms with van der Waals surface area (Å²) in [5.41, 5.74) is 0. The zero-order chi connectivity index (χ0) is 8.97. The van der Waals surface area contributed by atoms with Gasteiger partial charge in [0.05, 0.1) is 0 Å². The minimum atomic E-state index is 0.537. The quantitative estimate of drug-likeness (QED) is 0.624. The predicted octanol–water partition coefficient (Wildman–Crippen LogP) is 1.24. The van der Waals surface area contributed by atoms with Crippen LogP contribution in [0, 0.1) is 6.92 Å². The van der Waals surface area contributed by atoms with Gasteiger partial charge in [-0.2, -0.15) is 0 Å². The molecule has 1 fully saturated rings. The molecule has 0 bridgehead atoms. The fourth-order valence-corrected chi connectivity index (χ4v) is 1.70.